The molecule has 0 unspecified atom stereocenters. The van der Waals surface area contributed by atoms with Crippen LogP contribution in [0.15, 0.2) is 28.8 Å². The summed E-state index contributed by atoms with van der Waals surface area (Å²) in [6, 6.07) is 5.98. The average Bonchev–Trinajstić information content (AvgIpc) is 2.47. The molecule has 0 bridgehead atoms. The Morgan fingerprint density at radius 3 is 2.86 bits per heavy atom. The third-order valence-electron chi connectivity index (χ3n) is 1.98. The maximum atomic E-state index is 5.43. The molecule has 0 atom stereocenters. The molecule has 0 amide bonds. The molecule has 0 radical (unpaired) electrons. The van der Waals surface area contributed by atoms with Gasteiger partial charge in [0.25, 0.3) is 6.01 Å². The molecule has 2 aromatic rings. The number of rotatable bonds is 2. The number of hydrogen-bond acceptors (Lipinski definition) is 4. The van der Waals surface area contributed by atoms with Crippen LogP contribution in [0.5, 0.6) is 0 Å². The van der Waals surface area contributed by atoms with Gasteiger partial charge in [0.15, 0.2) is 0 Å². The van der Waals surface area contributed by atoms with Crippen LogP contribution in [0.1, 0.15) is 17.1 Å². The molecule has 4 nitrogen and oxygen atoms in total. The van der Waals surface area contributed by atoms with Crippen molar-refractivity contribution < 1.29 is 4.42 Å². The van der Waals surface area contributed by atoms with Gasteiger partial charge in [-0.25, -0.2) is 0 Å². The third kappa shape index (κ3) is 1.74. The highest BCUT2D eigenvalue weighted by Crippen LogP contribution is 2.14. The Morgan fingerprint density at radius 2 is 2.29 bits per heavy atom. The van der Waals surface area contributed by atoms with Gasteiger partial charge in [0.1, 0.15) is 5.76 Å². The second-order valence-electron chi connectivity index (χ2n) is 3.06. The van der Waals surface area contributed by atoms with Crippen LogP contribution >= 0.6 is 0 Å². The number of nitrogens with two attached hydrogens (primary N) is 1. The second-order valence-corrected chi connectivity index (χ2v) is 3.06. The first-order valence-corrected chi connectivity index (χ1v) is 4.37. The summed E-state index contributed by atoms with van der Waals surface area (Å²) in [7, 11) is 0. The Labute approximate surface area is 81.8 Å². The highest BCUT2D eigenvalue weighted by Gasteiger charge is 2.07. The van der Waals surface area contributed by atoms with Crippen molar-refractivity contribution in [2.24, 2.45) is 0 Å². The predicted molar refractivity (Wildman–Crippen MR) is 52.7 cm³/mol. The number of anilines is 1. The first-order chi connectivity index (χ1) is 6.75. The van der Waals surface area contributed by atoms with E-state index >= 15 is 0 Å². The summed E-state index contributed by atoms with van der Waals surface area (Å²) in [5, 5.41) is 0. The Balaban J connectivity index is 2.23. The Hall–Kier alpha value is -1.84. The normalized spacial score (nSPS) is 10.4. The lowest BCUT2D eigenvalue weighted by atomic mass is 10.2. The molecule has 14 heavy (non-hydrogen) atoms. The zero-order chi connectivity index (χ0) is 9.97. The van der Waals surface area contributed by atoms with E-state index in [1.54, 1.807) is 6.20 Å². The van der Waals surface area contributed by atoms with Crippen LogP contribution in [0.25, 0.3) is 0 Å². The third-order valence-corrected chi connectivity index (χ3v) is 1.98. The fraction of sp³-hybridized carbons (Fsp3) is 0.200. The van der Waals surface area contributed by atoms with Crippen LogP contribution in [0.3, 0.4) is 0 Å². The number of pyridine rings is 1. The number of aromatic nitrogens is 2. The van der Waals surface area contributed by atoms with Gasteiger partial charge in [-0.2, -0.15) is 4.98 Å². The van der Waals surface area contributed by atoms with Gasteiger partial charge in [-0.3, -0.25) is 4.98 Å². The average molecular weight is 189 g/mol. The lowest BCUT2D eigenvalue weighted by Gasteiger charge is -1.96. The molecule has 0 spiro atoms. The van der Waals surface area contributed by atoms with Crippen molar-refractivity contribution in [3.8, 4) is 0 Å². The van der Waals surface area contributed by atoms with Gasteiger partial charge >= 0.3 is 0 Å². The number of nitrogens with zero attached hydrogens (tertiary/aromatic N) is 2. The quantitative estimate of drug-likeness (QED) is 0.778. The highest BCUT2D eigenvalue weighted by molar-refractivity contribution is 5.22. The molecule has 0 saturated carbocycles. The molecule has 4 heteroatoms. The maximum absolute atomic E-state index is 5.43. The Morgan fingerprint density at radius 1 is 1.43 bits per heavy atom. The van der Waals surface area contributed by atoms with Gasteiger partial charge in [0.05, 0.1) is 12.1 Å². The molecule has 0 aliphatic rings. The first kappa shape index (κ1) is 8.74. The van der Waals surface area contributed by atoms with E-state index in [1.807, 2.05) is 25.1 Å². The zero-order valence-electron chi connectivity index (χ0n) is 7.90. The summed E-state index contributed by atoms with van der Waals surface area (Å²) < 4.78 is 5.24. The molecule has 0 fully saturated rings. The molecule has 2 heterocycles. The number of hydrogen-bond donors (Lipinski definition) is 1. The van der Waals surface area contributed by atoms with Crippen molar-refractivity contribution in [2.75, 3.05) is 5.73 Å². The topological polar surface area (TPSA) is 64.9 Å². The fourth-order valence-electron chi connectivity index (χ4n) is 1.28. The van der Waals surface area contributed by atoms with Crippen LogP contribution in [0.2, 0.25) is 0 Å². The van der Waals surface area contributed by atoms with E-state index in [4.69, 9.17) is 10.2 Å². The smallest absolute Gasteiger partial charge is 0.292 e. The van der Waals surface area contributed by atoms with Crippen LogP contribution in [-0.2, 0) is 6.42 Å². The van der Waals surface area contributed by atoms with Gasteiger partial charge in [0, 0.05) is 11.9 Å². The monoisotopic (exact) mass is 189 g/mol. The summed E-state index contributed by atoms with van der Waals surface area (Å²) in [6.07, 6.45) is 2.39. The number of nitrogen functional groups attached to an aromatic ring is 1. The molecule has 0 aliphatic heterocycles. The van der Waals surface area contributed by atoms with Crippen LogP contribution in [0, 0.1) is 6.92 Å². The van der Waals surface area contributed by atoms with Crippen LogP contribution < -0.4 is 5.73 Å². The SMILES string of the molecule is Cc1nc(N)oc1Cc1ccccn1. The molecule has 2 rings (SSSR count). The van der Waals surface area contributed by atoms with E-state index in [1.165, 1.54) is 0 Å². The van der Waals surface area contributed by atoms with E-state index in [-0.39, 0.29) is 6.01 Å². The predicted octanol–water partition coefficient (Wildman–Crippen LogP) is 1.55. The van der Waals surface area contributed by atoms with Crippen molar-refractivity contribution in [3.63, 3.8) is 0 Å². The van der Waals surface area contributed by atoms with Crippen LogP contribution in [-0.4, -0.2) is 9.97 Å². The second kappa shape index (κ2) is 3.49. The fourth-order valence-corrected chi connectivity index (χ4v) is 1.28. The molecular weight excluding hydrogens is 178 g/mol. The lowest BCUT2D eigenvalue weighted by molar-refractivity contribution is 0.530. The minimum Gasteiger partial charge on any atom is -0.428 e. The van der Waals surface area contributed by atoms with Crippen molar-refractivity contribution in [3.05, 3.63) is 41.5 Å². The van der Waals surface area contributed by atoms with E-state index in [0.717, 1.165) is 17.1 Å². The van der Waals surface area contributed by atoms with E-state index < -0.39 is 0 Å². The van der Waals surface area contributed by atoms with Crippen molar-refractivity contribution in [2.45, 2.75) is 13.3 Å². The summed E-state index contributed by atoms with van der Waals surface area (Å²) in [6.45, 7) is 1.87. The molecular formula is C10H11N3O. The molecule has 0 aliphatic carbocycles. The summed E-state index contributed by atoms with van der Waals surface area (Å²) >= 11 is 0. The summed E-state index contributed by atoms with van der Waals surface area (Å²) in [5.74, 6) is 0.779. The van der Waals surface area contributed by atoms with E-state index in [2.05, 4.69) is 9.97 Å². The molecule has 72 valence electrons. The highest BCUT2D eigenvalue weighted by atomic mass is 16.4. The number of aryl methyl sites for hydroxylation is 1. The van der Waals surface area contributed by atoms with Gasteiger partial charge in [0.2, 0.25) is 0 Å². The van der Waals surface area contributed by atoms with Crippen molar-refractivity contribution >= 4 is 6.01 Å². The molecule has 2 N–H and O–H groups in total. The van der Waals surface area contributed by atoms with Gasteiger partial charge in [-0.15, -0.1) is 0 Å². The van der Waals surface area contributed by atoms with Crippen molar-refractivity contribution in [1.82, 2.24) is 9.97 Å². The molecule has 0 aromatic carbocycles. The minimum absolute atomic E-state index is 0.216. The Kier molecular flexibility index (Phi) is 2.18. The lowest BCUT2D eigenvalue weighted by Crippen LogP contribution is -1.91. The van der Waals surface area contributed by atoms with Gasteiger partial charge < -0.3 is 10.2 Å². The largest absolute Gasteiger partial charge is 0.428 e. The minimum atomic E-state index is 0.216. The molecule has 0 saturated heterocycles. The van der Waals surface area contributed by atoms with Crippen LogP contribution in [0.4, 0.5) is 6.01 Å². The standard InChI is InChI=1S/C10H11N3O/c1-7-9(14-10(11)13-7)6-8-4-2-3-5-12-8/h2-5H,6H2,1H3,(H2,11,13). The number of oxazole rings is 1. The zero-order valence-corrected chi connectivity index (χ0v) is 7.90. The first-order valence-electron chi connectivity index (χ1n) is 4.37. The van der Waals surface area contributed by atoms with Crippen molar-refractivity contribution in [1.29, 1.82) is 0 Å². The van der Waals surface area contributed by atoms with E-state index in [0.29, 0.717) is 6.42 Å². The van der Waals surface area contributed by atoms with Gasteiger partial charge in [-0.05, 0) is 19.1 Å². The maximum Gasteiger partial charge on any atom is 0.292 e. The van der Waals surface area contributed by atoms with E-state index in [9.17, 15) is 0 Å². The Bertz CT molecular complexity index is 422. The summed E-state index contributed by atoms with van der Waals surface area (Å²) in [5.41, 5.74) is 7.21. The molecule has 2 aromatic heterocycles. The summed E-state index contributed by atoms with van der Waals surface area (Å²) in [4.78, 5) is 8.19. The van der Waals surface area contributed by atoms with Gasteiger partial charge in [-0.1, -0.05) is 6.07 Å².